The zero-order valence-corrected chi connectivity index (χ0v) is 15.5. The zero-order chi connectivity index (χ0) is 21.0. The Morgan fingerprint density at radius 1 is 1.17 bits per heavy atom. The molecule has 9 heteroatoms. The normalized spacial score (nSPS) is 10.6. The number of hydrogen-bond acceptors (Lipinski definition) is 5. The number of aromatic nitrogens is 2. The minimum atomic E-state index is -0.545. The van der Waals surface area contributed by atoms with Crippen molar-refractivity contribution in [2.24, 2.45) is 0 Å². The second-order valence-corrected chi connectivity index (χ2v) is 6.30. The molecule has 3 aromatic rings. The third-order valence-corrected chi connectivity index (χ3v) is 4.28. The van der Waals surface area contributed by atoms with Crippen molar-refractivity contribution < 1.29 is 14.1 Å². The molecule has 0 aliphatic rings. The van der Waals surface area contributed by atoms with Gasteiger partial charge in [0, 0.05) is 35.4 Å². The fourth-order valence-corrected chi connectivity index (χ4v) is 2.71. The van der Waals surface area contributed by atoms with Gasteiger partial charge in [-0.15, -0.1) is 0 Å². The summed E-state index contributed by atoms with van der Waals surface area (Å²) < 4.78 is 14.3. The van der Waals surface area contributed by atoms with Crippen LogP contribution in [0.2, 0.25) is 0 Å². The highest BCUT2D eigenvalue weighted by atomic mass is 19.1. The van der Waals surface area contributed by atoms with Crippen molar-refractivity contribution in [1.82, 2.24) is 15.1 Å². The SMILES string of the molecule is Cc1ccc(C(=O)NCCn2nc(-c3ccc(F)cc3)ccc2=O)cc1[N+](=O)[O-]. The summed E-state index contributed by atoms with van der Waals surface area (Å²) in [5, 5.41) is 17.9. The first-order chi connectivity index (χ1) is 13.8. The Bertz CT molecular complexity index is 1130. The van der Waals surface area contributed by atoms with E-state index in [0.29, 0.717) is 16.8 Å². The zero-order valence-electron chi connectivity index (χ0n) is 15.5. The lowest BCUT2D eigenvalue weighted by Gasteiger charge is -2.09. The number of nitro groups is 1. The highest BCUT2D eigenvalue weighted by Crippen LogP contribution is 2.19. The van der Waals surface area contributed by atoms with Crippen LogP contribution >= 0.6 is 0 Å². The first-order valence-corrected chi connectivity index (χ1v) is 8.72. The summed E-state index contributed by atoms with van der Waals surface area (Å²) in [6.07, 6.45) is 0. The average Bonchev–Trinajstić information content (AvgIpc) is 2.70. The van der Waals surface area contributed by atoms with Crippen molar-refractivity contribution >= 4 is 11.6 Å². The van der Waals surface area contributed by atoms with E-state index in [9.17, 15) is 24.1 Å². The molecular weight excluding hydrogens is 379 g/mol. The lowest BCUT2D eigenvalue weighted by Crippen LogP contribution is -2.32. The van der Waals surface area contributed by atoms with Crippen molar-refractivity contribution in [3.8, 4) is 11.3 Å². The molecule has 0 unspecified atom stereocenters. The van der Waals surface area contributed by atoms with Gasteiger partial charge in [-0.3, -0.25) is 19.7 Å². The van der Waals surface area contributed by atoms with Crippen LogP contribution in [-0.4, -0.2) is 27.2 Å². The average molecular weight is 396 g/mol. The molecule has 0 radical (unpaired) electrons. The van der Waals surface area contributed by atoms with E-state index in [4.69, 9.17) is 0 Å². The second-order valence-electron chi connectivity index (χ2n) is 6.30. The molecule has 148 valence electrons. The smallest absolute Gasteiger partial charge is 0.273 e. The van der Waals surface area contributed by atoms with Crippen LogP contribution in [0.4, 0.5) is 10.1 Å². The quantitative estimate of drug-likeness (QED) is 0.509. The number of carbonyl (C=O) groups excluding carboxylic acids is 1. The van der Waals surface area contributed by atoms with Crippen molar-refractivity contribution in [3.63, 3.8) is 0 Å². The maximum Gasteiger partial charge on any atom is 0.273 e. The van der Waals surface area contributed by atoms with Gasteiger partial charge in [-0.1, -0.05) is 6.07 Å². The molecule has 0 saturated carbocycles. The minimum absolute atomic E-state index is 0.0975. The summed E-state index contributed by atoms with van der Waals surface area (Å²) >= 11 is 0. The summed E-state index contributed by atoms with van der Waals surface area (Å²) in [7, 11) is 0. The summed E-state index contributed by atoms with van der Waals surface area (Å²) in [6.45, 7) is 1.79. The highest BCUT2D eigenvalue weighted by Gasteiger charge is 2.15. The monoisotopic (exact) mass is 396 g/mol. The van der Waals surface area contributed by atoms with E-state index >= 15 is 0 Å². The maximum atomic E-state index is 13.1. The van der Waals surface area contributed by atoms with Gasteiger partial charge in [0.1, 0.15) is 5.82 Å². The maximum absolute atomic E-state index is 13.1. The Morgan fingerprint density at radius 2 is 1.90 bits per heavy atom. The van der Waals surface area contributed by atoms with Gasteiger partial charge in [-0.05, 0) is 43.3 Å². The van der Waals surface area contributed by atoms with E-state index in [1.54, 1.807) is 19.1 Å². The minimum Gasteiger partial charge on any atom is -0.350 e. The van der Waals surface area contributed by atoms with Crippen LogP contribution in [0.15, 0.2) is 59.4 Å². The number of rotatable bonds is 6. The molecule has 0 fully saturated rings. The van der Waals surface area contributed by atoms with Crippen LogP contribution in [0.3, 0.4) is 0 Å². The second kappa shape index (κ2) is 8.42. The van der Waals surface area contributed by atoms with Crippen molar-refractivity contribution in [2.75, 3.05) is 6.54 Å². The van der Waals surface area contributed by atoms with Crippen molar-refractivity contribution in [3.05, 3.63) is 92.0 Å². The van der Waals surface area contributed by atoms with Gasteiger partial charge >= 0.3 is 0 Å². The molecule has 29 heavy (non-hydrogen) atoms. The molecular formula is C20H17FN4O4. The molecule has 1 amide bonds. The molecule has 2 aromatic carbocycles. The van der Waals surface area contributed by atoms with Crippen LogP contribution in [0.5, 0.6) is 0 Å². The van der Waals surface area contributed by atoms with E-state index in [2.05, 4.69) is 10.4 Å². The van der Waals surface area contributed by atoms with Crippen molar-refractivity contribution in [2.45, 2.75) is 13.5 Å². The number of carbonyl (C=O) groups is 1. The van der Waals surface area contributed by atoms with Crippen LogP contribution in [0.1, 0.15) is 15.9 Å². The molecule has 0 spiro atoms. The molecule has 1 aromatic heterocycles. The van der Waals surface area contributed by atoms with Crippen LogP contribution in [0.25, 0.3) is 11.3 Å². The molecule has 1 heterocycles. The lowest BCUT2D eigenvalue weighted by molar-refractivity contribution is -0.385. The van der Waals surface area contributed by atoms with Gasteiger partial charge in [0.25, 0.3) is 17.2 Å². The van der Waals surface area contributed by atoms with E-state index in [0.717, 1.165) is 0 Å². The predicted molar refractivity (Wildman–Crippen MR) is 104 cm³/mol. The Labute approximate surface area is 164 Å². The number of halogens is 1. The lowest BCUT2D eigenvalue weighted by atomic mass is 10.1. The summed E-state index contributed by atoms with van der Waals surface area (Å²) in [5.74, 6) is -0.864. The standard InChI is InChI=1S/C20H17FN4O4/c1-13-2-3-15(12-18(13)25(28)29)20(27)22-10-11-24-19(26)9-8-17(23-24)14-4-6-16(21)7-5-14/h2-9,12H,10-11H2,1H3,(H,22,27). The fraction of sp³-hybridized carbons (Fsp3) is 0.150. The number of nitrogens with zero attached hydrogens (tertiary/aromatic N) is 3. The molecule has 0 atom stereocenters. The summed E-state index contributed by atoms with van der Waals surface area (Å²) in [6, 6.07) is 12.8. The van der Waals surface area contributed by atoms with E-state index in [-0.39, 0.29) is 35.7 Å². The van der Waals surface area contributed by atoms with Gasteiger partial charge < -0.3 is 5.32 Å². The Hall–Kier alpha value is -3.88. The van der Waals surface area contributed by atoms with E-state index < -0.39 is 10.8 Å². The van der Waals surface area contributed by atoms with E-state index in [1.807, 2.05) is 0 Å². The van der Waals surface area contributed by atoms with Gasteiger partial charge in [0.15, 0.2) is 0 Å². The van der Waals surface area contributed by atoms with Crippen LogP contribution < -0.4 is 10.9 Å². The highest BCUT2D eigenvalue weighted by molar-refractivity contribution is 5.94. The summed E-state index contributed by atoms with van der Waals surface area (Å²) in [4.78, 5) is 34.7. The number of benzene rings is 2. The third-order valence-electron chi connectivity index (χ3n) is 4.28. The number of nitrogens with one attached hydrogen (secondary N) is 1. The van der Waals surface area contributed by atoms with Crippen molar-refractivity contribution in [1.29, 1.82) is 0 Å². The molecule has 3 rings (SSSR count). The Balaban J connectivity index is 1.69. The Morgan fingerprint density at radius 3 is 2.59 bits per heavy atom. The van der Waals surface area contributed by atoms with Gasteiger partial charge in [-0.2, -0.15) is 5.10 Å². The van der Waals surface area contributed by atoms with E-state index in [1.165, 1.54) is 47.1 Å². The van der Waals surface area contributed by atoms with Gasteiger partial charge in [0.2, 0.25) is 0 Å². The molecule has 0 aliphatic heterocycles. The van der Waals surface area contributed by atoms with Crippen LogP contribution in [-0.2, 0) is 6.54 Å². The van der Waals surface area contributed by atoms with Gasteiger partial charge in [0.05, 0.1) is 17.2 Å². The van der Waals surface area contributed by atoms with Gasteiger partial charge in [-0.25, -0.2) is 9.07 Å². The fourth-order valence-electron chi connectivity index (χ4n) is 2.71. The topological polar surface area (TPSA) is 107 Å². The largest absolute Gasteiger partial charge is 0.350 e. The van der Waals surface area contributed by atoms with Crippen LogP contribution in [0, 0.1) is 22.9 Å². The number of amides is 1. The predicted octanol–water partition coefficient (Wildman–Crippen LogP) is 2.70. The Kier molecular flexibility index (Phi) is 5.77. The number of aryl methyl sites for hydroxylation is 1. The molecule has 0 bridgehead atoms. The molecule has 1 N–H and O–H groups in total. The first-order valence-electron chi connectivity index (χ1n) is 8.72. The number of hydrogen-bond donors (Lipinski definition) is 1. The molecule has 8 nitrogen and oxygen atoms in total. The number of nitro benzene ring substituents is 1. The summed E-state index contributed by atoms with van der Waals surface area (Å²) in [5.41, 5.74) is 1.27. The molecule has 0 aliphatic carbocycles. The molecule has 0 saturated heterocycles. The third kappa shape index (κ3) is 4.70. The first kappa shape index (κ1) is 19.9.